The molecule has 9 atom stereocenters. The number of nitrogen functional groups attached to an aromatic ring is 2. The van der Waals surface area contributed by atoms with E-state index in [1.165, 1.54) is 46.4 Å². The van der Waals surface area contributed by atoms with Crippen LogP contribution in [0.25, 0.3) is 11.2 Å². The summed E-state index contributed by atoms with van der Waals surface area (Å²) in [6.45, 7) is 1.90. The van der Waals surface area contributed by atoms with E-state index < -0.39 is 95.4 Å². The van der Waals surface area contributed by atoms with Crippen LogP contribution in [0.5, 0.6) is 0 Å². The van der Waals surface area contributed by atoms with Gasteiger partial charge in [-0.1, -0.05) is 6.08 Å². The molecule has 28 heteroatoms. The van der Waals surface area contributed by atoms with Crippen LogP contribution in [0.1, 0.15) is 37.4 Å². The smallest absolute Gasteiger partial charge is 0.455 e. The van der Waals surface area contributed by atoms with Crippen molar-refractivity contribution < 1.29 is 66.3 Å². The van der Waals surface area contributed by atoms with E-state index in [-0.39, 0.29) is 42.1 Å². The highest BCUT2D eigenvalue weighted by molar-refractivity contribution is 7.47. The topological polar surface area (TPSA) is 351 Å². The molecule has 4 aromatic heterocycles. The van der Waals surface area contributed by atoms with Crippen molar-refractivity contribution >= 4 is 61.7 Å². The van der Waals surface area contributed by atoms with E-state index in [1.54, 1.807) is 17.0 Å². The predicted molar refractivity (Wildman–Crippen MR) is 201 cm³/mol. The van der Waals surface area contributed by atoms with Gasteiger partial charge in [0.15, 0.2) is 23.8 Å². The number of rotatable bonds is 18. The third kappa shape index (κ3) is 10.6. The van der Waals surface area contributed by atoms with Gasteiger partial charge in [-0.05, 0) is 12.5 Å². The summed E-state index contributed by atoms with van der Waals surface area (Å²) in [5.74, 6) is -1.49. The van der Waals surface area contributed by atoms with E-state index >= 15 is 0 Å². The second-order valence-corrected chi connectivity index (χ2v) is 16.5. The third-order valence-electron chi connectivity index (χ3n) is 9.22. The Bertz CT molecular complexity index is 2290. The molecule has 2 aliphatic heterocycles. The number of phosphoric acid groups is 2. The van der Waals surface area contributed by atoms with Crippen molar-refractivity contribution in [3.8, 4) is 0 Å². The van der Waals surface area contributed by atoms with Crippen LogP contribution in [-0.4, -0.2) is 127 Å². The summed E-state index contributed by atoms with van der Waals surface area (Å²) in [4.78, 5) is 90.4. The van der Waals surface area contributed by atoms with Gasteiger partial charge in [0.2, 0.25) is 5.91 Å². The maximum Gasteiger partial charge on any atom is 0.472 e. The molecular weight excluding hydrogens is 846 g/mol. The van der Waals surface area contributed by atoms with Gasteiger partial charge in [-0.25, -0.2) is 38.7 Å². The number of nitrogens with zero attached hydrogens (tertiary/aromatic N) is 8. The highest BCUT2D eigenvalue weighted by Gasteiger charge is 2.50. The van der Waals surface area contributed by atoms with Crippen LogP contribution in [0.4, 0.5) is 11.6 Å². The molecule has 6 rings (SSSR count). The van der Waals surface area contributed by atoms with Crippen molar-refractivity contribution in [1.29, 1.82) is 0 Å². The molecule has 8 N–H and O–H groups in total. The lowest BCUT2D eigenvalue weighted by molar-refractivity contribution is -0.165. The van der Waals surface area contributed by atoms with Crippen LogP contribution >= 0.6 is 27.0 Å². The summed E-state index contributed by atoms with van der Waals surface area (Å²) < 4.78 is 60.2. The van der Waals surface area contributed by atoms with Gasteiger partial charge in [0.1, 0.15) is 54.3 Å². The molecule has 4 aromatic rings. The third-order valence-corrected chi connectivity index (χ3v) is 11.4. The molecule has 0 aliphatic carbocycles. The maximum absolute atomic E-state index is 14.0. The summed E-state index contributed by atoms with van der Waals surface area (Å²) in [7, 11) is -8.88. The molecule has 6 heterocycles. The number of nitrogens with two attached hydrogens (primary N) is 2. The van der Waals surface area contributed by atoms with E-state index in [9.17, 15) is 43.3 Å². The average Bonchev–Trinajstić information content (AvgIpc) is 3.98. The minimum atomic E-state index is -5.22. The Morgan fingerprint density at radius 3 is 2.58 bits per heavy atom. The fourth-order valence-electron chi connectivity index (χ4n) is 6.31. The molecule has 0 aromatic carbocycles. The van der Waals surface area contributed by atoms with E-state index in [0.29, 0.717) is 12.1 Å². The number of aliphatic hydroxyl groups is 1. The zero-order chi connectivity index (χ0) is 42.6. The van der Waals surface area contributed by atoms with Gasteiger partial charge in [0.25, 0.3) is 0 Å². The number of imidazole rings is 1. The van der Waals surface area contributed by atoms with Crippen molar-refractivity contribution in [2.75, 3.05) is 31.7 Å². The number of phosphoric ester groups is 2. The molecular formula is C31H40N10O15P2S. The van der Waals surface area contributed by atoms with Crippen LogP contribution < -0.4 is 17.2 Å². The number of aromatic nitrogens is 7. The van der Waals surface area contributed by atoms with Crippen molar-refractivity contribution in [2.45, 2.75) is 74.7 Å². The zero-order valence-corrected chi connectivity index (χ0v) is 33.5. The Labute approximate surface area is 337 Å². The van der Waals surface area contributed by atoms with E-state index in [1.807, 2.05) is 0 Å². The van der Waals surface area contributed by atoms with Crippen LogP contribution in [0.15, 0.2) is 53.3 Å². The van der Waals surface area contributed by atoms with Gasteiger partial charge in [-0.3, -0.25) is 27.5 Å². The number of carbonyl (C=O) groups excluding carboxylic acids is 2. The Morgan fingerprint density at radius 1 is 1.12 bits per heavy atom. The van der Waals surface area contributed by atoms with Gasteiger partial charge in [0, 0.05) is 37.9 Å². The molecule has 2 fully saturated rings. The average molecular weight is 887 g/mol. The van der Waals surface area contributed by atoms with Crippen LogP contribution in [0.2, 0.25) is 0 Å². The fraction of sp³-hybridized carbons (Fsp3) is 0.484. The lowest BCUT2D eigenvalue weighted by Crippen LogP contribution is -2.48. The Hall–Kier alpha value is -4.56. The van der Waals surface area contributed by atoms with Crippen LogP contribution in [0, 0.1) is 0 Å². The van der Waals surface area contributed by atoms with E-state index in [0.717, 1.165) is 10.9 Å². The summed E-state index contributed by atoms with van der Waals surface area (Å²) in [6.07, 6.45) is -5.28. The second-order valence-electron chi connectivity index (χ2n) is 13.2. The fourth-order valence-corrected chi connectivity index (χ4v) is 8.18. The molecule has 1 unspecified atom stereocenters. The quantitative estimate of drug-likeness (QED) is 0.0428. The summed E-state index contributed by atoms with van der Waals surface area (Å²) in [5, 5.41) is 13.4. The molecule has 0 radical (unpaired) electrons. The largest absolute Gasteiger partial charge is 0.472 e. The molecule has 1 amide bonds. The number of anilines is 2. The molecule has 2 aliphatic rings. The number of fused-ring (bicyclic) bond motifs is 1. The molecule has 320 valence electrons. The number of carbonyl (C=O) groups is 2. The number of hydrogen-bond acceptors (Lipinski definition) is 20. The van der Waals surface area contributed by atoms with Gasteiger partial charge in [0.05, 0.1) is 30.7 Å². The molecule has 0 saturated carbocycles. The van der Waals surface area contributed by atoms with Crippen LogP contribution in [0.3, 0.4) is 0 Å². The van der Waals surface area contributed by atoms with Crippen LogP contribution in [-0.2, 0) is 52.9 Å². The zero-order valence-electron chi connectivity index (χ0n) is 30.9. The van der Waals surface area contributed by atoms with Gasteiger partial charge in [-0.15, -0.1) is 17.9 Å². The first-order valence-corrected chi connectivity index (χ1v) is 21.5. The predicted octanol–water partition coefficient (Wildman–Crippen LogP) is -0.191. The van der Waals surface area contributed by atoms with Crippen molar-refractivity contribution in [1.82, 2.24) is 39.0 Å². The van der Waals surface area contributed by atoms with Gasteiger partial charge >= 0.3 is 27.3 Å². The normalized spacial score (nSPS) is 24.8. The first-order valence-electron chi connectivity index (χ1n) is 17.5. The molecule has 2 saturated heterocycles. The molecule has 0 bridgehead atoms. The number of likely N-dealkylation sites (N-methyl/N-ethyl adjacent to an activating group) is 1. The highest BCUT2D eigenvalue weighted by atomic mass is 32.1. The molecule has 0 spiro atoms. The monoisotopic (exact) mass is 886 g/mol. The van der Waals surface area contributed by atoms with Crippen molar-refractivity contribution in [3.05, 3.63) is 64.6 Å². The lowest BCUT2D eigenvalue weighted by Gasteiger charge is -2.29. The van der Waals surface area contributed by atoms with Gasteiger partial charge < -0.3 is 50.4 Å². The second kappa shape index (κ2) is 18.4. The summed E-state index contributed by atoms with van der Waals surface area (Å²) >= 11 is 1.27. The summed E-state index contributed by atoms with van der Waals surface area (Å²) in [6, 6.07) is 0.0313. The van der Waals surface area contributed by atoms with Crippen molar-refractivity contribution in [3.63, 3.8) is 0 Å². The maximum atomic E-state index is 14.0. The Balaban J connectivity index is 1.24. The van der Waals surface area contributed by atoms with E-state index in [4.69, 9.17) is 34.7 Å². The minimum absolute atomic E-state index is 0.0108. The molecule has 25 nitrogen and oxygen atoms in total. The first kappa shape index (κ1) is 44.0. The number of allylic oxidation sites excluding steroid dienone is 1. The molecule has 59 heavy (non-hydrogen) atoms. The lowest BCUT2D eigenvalue weighted by atomic mass is 10.1. The number of esters is 1. The number of hydrogen-bond donors (Lipinski definition) is 6. The number of aliphatic hydroxyl groups excluding tert-OH is 1. The summed E-state index contributed by atoms with van der Waals surface area (Å²) in [5.41, 5.74) is 12.9. The van der Waals surface area contributed by atoms with E-state index in [2.05, 4.69) is 36.0 Å². The first-order chi connectivity index (χ1) is 27.9. The minimum Gasteiger partial charge on any atom is -0.455 e. The number of ether oxygens (including phenoxy) is 3. The number of amides is 1. The SMILES string of the molecule is C=CCCC(=O)N(C)[C@@H](Cc1cscn1)C(=O)O[C@H]1[C@@H](O)[C@H](n2cnc3c(N)ncnc32)O[C@@H]1COP(=O)(O)O[C@H]1C[C@H](n2ccc(N)nc2=O)O[C@@H]1COP(=O)(O)O. The van der Waals surface area contributed by atoms with Crippen molar-refractivity contribution in [2.24, 2.45) is 0 Å². The Morgan fingerprint density at radius 2 is 1.88 bits per heavy atom. The highest BCUT2D eigenvalue weighted by Crippen LogP contribution is 2.50. The van der Waals surface area contributed by atoms with Gasteiger partial charge in [-0.2, -0.15) is 4.98 Å². The Kier molecular flexibility index (Phi) is 13.7. The number of thiazole rings is 1. The standard InChI is InChI=1S/C31H40N10O15P2S/c1-3-4-5-22(42)39(2)17(8-16-12-59-15-37-16)30(44)55-26-20(54-29(25(26)43)41-14-36-24-27(33)34-13-35-28(24)41)11-52-58(49,50)56-18-9-23(40-7-6-21(32)38-31(40)45)53-19(18)10-51-57(46,47)48/h3,6-7,12-15,17-20,23,25-26,29,43H,1,4-5,8-11H2,2H3,(H,49,50)(H2,32,38,45)(H2,33,34,35)(H2,46,47,48)/t17-,18-,19+,20+,23+,25+,26+,29+/m0/s1.